The summed E-state index contributed by atoms with van der Waals surface area (Å²) < 4.78 is 5.70. The summed E-state index contributed by atoms with van der Waals surface area (Å²) in [5.41, 5.74) is 0.933. The molecule has 1 fully saturated rings. The summed E-state index contributed by atoms with van der Waals surface area (Å²) >= 11 is 3.28. The Morgan fingerprint density at radius 2 is 1.95 bits per heavy atom. The molecule has 0 bridgehead atoms. The van der Waals surface area contributed by atoms with Crippen molar-refractivity contribution in [2.24, 2.45) is 0 Å². The van der Waals surface area contributed by atoms with Crippen molar-refractivity contribution in [3.63, 3.8) is 0 Å². The van der Waals surface area contributed by atoms with Gasteiger partial charge >= 0.3 is 12.1 Å². The lowest BCUT2D eigenvalue weighted by atomic mass is 10.1. The minimum atomic E-state index is -0.959. The summed E-state index contributed by atoms with van der Waals surface area (Å²) in [6.07, 6.45) is -0.314. The summed E-state index contributed by atoms with van der Waals surface area (Å²) in [5.74, 6) is -0.959. The molecule has 1 aliphatic heterocycles. The molecule has 7 heteroatoms. The van der Waals surface area contributed by atoms with Crippen molar-refractivity contribution >= 4 is 33.7 Å². The van der Waals surface area contributed by atoms with Gasteiger partial charge in [0.2, 0.25) is 0 Å². The van der Waals surface area contributed by atoms with Gasteiger partial charge in [-0.25, -0.2) is 9.59 Å². The zero-order valence-corrected chi connectivity index (χ0v) is 13.3. The third-order valence-electron chi connectivity index (χ3n) is 3.34. The summed E-state index contributed by atoms with van der Waals surface area (Å²) in [7, 11) is 0. The molecule has 0 atom stereocenters. The van der Waals surface area contributed by atoms with Crippen molar-refractivity contribution in [1.82, 2.24) is 4.90 Å². The molecule has 114 valence electrons. The highest BCUT2D eigenvalue weighted by Crippen LogP contribution is 2.25. The summed E-state index contributed by atoms with van der Waals surface area (Å²) in [5, 5.41) is 9.30. The predicted molar refractivity (Wildman–Crippen MR) is 81.9 cm³/mol. The molecule has 1 aliphatic rings. The van der Waals surface area contributed by atoms with E-state index in [1.165, 1.54) is 0 Å². The number of carboxylic acids is 1. The molecule has 1 aromatic carbocycles. The highest BCUT2D eigenvalue weighted by Gasteiger charge is 2.24. The second-order valence-electron chi connectivity index (χ2n) is 4.64. The molecule has 0 unspecified atom stereocenters. The SMILES string of the molecule is CCOC(=O)N1CCN(c2ccc(Br)cc2C(=O)O)CC1. The highest BCUT2D eigenvalue weighted by atomic mass is 79.9. The Morgan fingerprint density at radius 3 is 2.52 bits per heavy atom. The summed E-state index contributed by atoms with van der Waals surface area (Å²) in [6.45, 7) is 4.34. The predicted octanol–water partition coefficient (Wildman–Crippen LogP) is 2.43. The molecule has 0 spiro atoms. The van der Waals surface area contributed by atoms with Crippen molar-refractivity contribution in [2.75, 3.05) is 37.7 Å². The Hall–Kier alpha value is -1.76. The van der Waals surface area contributed by atoms with Crippen LogP contribution in [-0.4, -0.2) is 54.9 Å². The lowest BCUT2D eigenvalue weighted by Crippen LogP contribution is -2.49. The first kappa shape index (κ1) is 15.6. The van der Waals surface area contributed by atoms with Crippen LogP contribution < -0.4 is 4.90 Å². The average molecular weight is 357 g/mol. The summed E-state index contributed by atoms with van der Waals surface area (Å²) in [6, 6.07) is 5.20. The molecule has 1 heterocycles. The van der Waals surface area contributed by atoms with Gasteiger partial charge in [-0.15, -0.1) is 0 Å². The number of carbonyl (C=O) groups excluding carboxylic acids is 1. The van der Waals surface area contributed by atoms with Crippen LogP contribution in [0.4, 0.5) is 10.5 Å². The Labute approximate surface area is 131 Å². The smallest absolute Gasteiger partial charge is 0.409 e. The molecule has 21 heavy (non-hydrogen) atoms. The van der Waals surface area contributed by atoms with Gasteiger partial charge < -0.3 is 19.6 Å². The Kier molecular flexibility index (Phi) is 5.06. The Bertz CT molecular complexity index is 542. The van der Waals surface area contributed by atoms with Gasteiger partial charge in [0.25, 0.3) is 0 Å². The molecule has 1 amide bonds. The Balaban J connectivity index is 2.09. The van der Waals surface area contributed by atoms with Crippen LogP contribution in [0.15, 0.2) is 22.7 Å². The molecule has 1 saturated heterocycles. The van der Waals surface area contributed by atoms with Crippen LogP contribution in [0.2, 0.25) is 0 Å². The van der Waals surface area contributed by atoms with Gasteiger partial charge in [0.15, 0.2) is 0 Å². The van der Waals surface area contributed by atoms with Crippen LogP contribution in [0.3, 0.4) is 0 Å². The average Bonchev–Trinajstić information content (AvgIpc) is 2.47. The third-order valence-corrected chi connectivity index (χ3v) is 3.83. The van der Waals surface area contributed by atoms with E-state index in [0.717, 1.165) is 4.47 Å². The molecule has 0 radical (unpaired) electrons. The number of aromatic carboxylic acids is 1. The highest BCUT2D eigenvalue weighted by molar-refractivity contribution is 9.10. The maximum absolute atomic E-state index is 11.6. The van der Waals surface area contributed by atoms with E-state index in [9.17, 15) is 14.7 Å². The minimum Gasteiger partial charge on any atom is -0.478 e. The van der Waals surface area contributed by atoms with Crippen molar-refractivity contribution < 1.29 is 19.4 Å². The van der Waals surface area contributed by atoms with Crippen LogP contribution in [0.5, 0.6) is 0 Å². The van der Waals surface area contributed by atoms with Crippen LogP contribution in [0, 0.1) is 0 Å². The molecule has 0 aliphatic carbocycles. The zero-order chi connectivity index (χ0) is 15.4. The maximum Gasteiger partial charge on any atom is 0.409 e. The fourth-order valence-corrected chi connectivity index (χ4v) is 2.66. The van der Waals surface area contributed by atoms with E-state index in [2.05, 4.69) is 15.9 Å². The van der Waals surface area contributed by atoms with Crippen molar-refractivity contribution in [2.45, 2.75) is 6.92 Å². The van der Waals surface area contributed by atoms with Gasteiger partial charge in [-0.05, 0) is 25.1 Å². The molecule has 1 N–H and O–H groups in total. The quantitative estimate of drug-likeness (QED) is 0.900. The lowest BCUT2D eigenvalue weighted by Gasteiger charge is -2.36. The zero-order valence-electron chi connectivity index (χ0n) is 11.7. The molecule has 1 aromatic rings. The molecule has 2 rings (SSSR count). The number of hydrogen-bond donors (Lipinski definition) is 1. The first-order chi connectivity index (χ1) is 10.0. The Morgan fingerprint density at radius 1 is 1.29 bits per heavy atom. The van der Waals surface area contributed by atoms with Crippen LogP contribution >= 0.6 is 15.9 Å². The second-order valence-corrected chi connectivity index (χ2v) is 5.56. The summed E-state index contributed by atoms with van der Waals surface area (Å²) in [4.78, 5) is 26.6. The number of hydrogen-bond acceptors (Lipinski definition) is 4. The van der Waals surface area contributed by atoms with Crippen molar-refractivity contribution in [3.8, 4) is 0 Å². The second kappa shape index (κ2) is 6.80. The van der Waals surface area contributed by atoms with Gasteiger partial charge in [-0.3, -0.25) is 0 Å². The maximum atomic E-state index is 11.6. The number of anilines is 1. The van der Waals surface area contributed by atoms with E-state index >= 15 is 0 Å². The topological polar surface area (TPSA) is 70.1 Å². The standard InChI is InChI=1S/C14H17BrN2O4/c1-2-21-14(20)17-7-5-16(6-8-17)12-4-3-10(15)9-11(12)13(18)19/h3-4,9H,2,5-8H2,1H3,(H,18,19). The number of rotatable bonds is 3. The van der Waals surface area contributed by atoms with E-state index in [0.29, 0.717) is 38.5 Å². The van der Waals surface area contributed by atoms with Gasteiger partial charge in [0, 0.05) is 30.7 Å². The lowest BCUT2D eigenvalue weighted by molar-refractivity contribution is 0.0696. The fourth-order valence-electron chi connectivity index (χ4n) is 2.30. The number of halogens is 1. The van der Waals surface area contributed by atoms with Crippen molar-refractivity contribution in [3.05, 3.63) is 28.2 Å². The van der Waals surface area contributed by atoms with Crippen molar-refractivity contribution in [1.29, 1.82) is 0 Å². The van der Waals surface area contributed by atoms with E-state index in [4.69, 9.17) is 4.74 Å². The van der Waals surface area contributed by atoms with Crippen LogP contribution in [0.25, 0.3) is 0 Å². The molecule has 0 aromatic heterocycles. The number of nitrogens with zero attached hydrogens (tertiary/aromatic N) is 2. The first-order valence-electron chi connectivity index (χ1n) is 6.72. The van der Waals surface area contributed by atoms with E-state index < -0.39 is 5.97 Å². The minimum absolute atomic E-state index is 0.258. The normalized spacial score (nSPS) is 15.0. The monoisotopic (exact) mass is 356 g/mol. The van der Waals surface area contributed by atoms with Crippen LogP contribution in [-0.2, 0) is 4.74 Å². The van der Waals surface area contributed by atoms with Gasteiger partial charge in [0.1, 0.15) is 0 Å². The van der Waals surface area contributed by atoms with E-state index in [1.807, 2.05) is 11.0 Å². The van der Waals surface area contributed by atoms with Gasteiger partial charge in [-0.1, -0.05) is 15.9 Å². The molecule has 6 nitrogen and oxygen atoms in total. The molecule has 0 saturated carbocycles. The van der Waals surface area contributed by atoms with E-state index in [-0.39, 0.29) is 11.7 Å². The number of piperazine rings is 1. The van der Waals surface area contributed by atoms with Crippen LogP contribution in [0.1, 0.15) is 17.3 Å². The first-order valence-corrected chi connectivity index (χ1v) is 7.51. The number of carboxylic acid groups (broad SMARTS) is 1. The fraction of sp³-hybridized carbons (Fsp3) is 0.429. The number of ether oxygens (including phenoxy) is 1. The third kappa shape index (κ3) is 3.66. The molecular formula is C14H17BrN2O4. The number of carbonyl (C=O) groups is 2. The number of amides is 1. The molecular weight excluding hydrogens is 340 g/mol. The van der Waals surface area contributed by atoms with Gasteiger partial charge in [0.05, 0.1) is 17.9 Å². The van der Waals surface area contributed by atoms with E-state index in [1.54, 1.807) is 24.0 Å². The number of benzene rings is 1. The largest absolute Gasteiger partial charge is 0.478 e. The van der Waals surface area contributed by atoms with Gasteiger partial charge in [-0.2, -0.15) is 0 Å².